The van der Waals surface area contributed by atoms with Crippen molar-refractivity contribution in [2.75, 3.05) is 19.5 Å². The Kier molecular flexibility index (Phi) is 2.61. The molecular formula is C7H14O2S. The maximum atomic E-state index is 9.81. The van der Waals surface area contributed by atoms with Gasteiger partial charge in [-0.3, -0.25) is 0 Å². The molecule has 0 aromatic rings. The summed E-state index contributed by atoms with van der Waals surface area (Å²) in [6.07, 6.45) is 0.868. The average molecular weight is 162 g/mol. The highest BCUT2D eigenvalue weighted by Crippen LogP contribution is 2.35. The first kappa shape index (κ1) is 8.37. The molecule has 3 heteroatoms. The molecule has 1 rings (SSSR count). The largest absolute Gasteiger partial charge is 0.386 e. The van der Waals surface area contributed by atoms with E-state index in [2.05, 4.69) is 6.92 Å². The summed E-state index contributed by atoms with van der Waals surface area (Å²) in [5.41, 5.74) is -0.556. The lowest BCUT2D eigenvalue weighted by atomic mass is 9.99. The van der Waals surface area contributed by atoms with Gasteiger partial charge >= 0.3 is 0 Å². The molecule has 1 fully saturated rings. The zero-order valence-electron chi connectivity index (χ0n) is 6.46. The molecule has 0 spiro atoms. The maximum absolute atomic E-state index is 9.81. The number of hydrogen-bond donors (Lipinski definition) is 1. The standard InChI is InChI=1S/C7H14O2S/c1-6-7(8,5-9-2)3-4-10-6/h6,8H,3-5H2,1-2H3. The molecule has 0 amide bonds. The van der Waals surface area contributed by atoms with Crippen LogP contribution < -0.4 is 0 Å². The molecule has 2 atom stereocenters. The fraction of sp³-hybridized carbons (Fsp3) is 1.00. The minimum Gasteiger partial charge on any atom is -0.386 e. The molecule has 0 radical (unpaired) electrons. The van der Waals surface area contributed by atoms with Gasteiger partial charge in [0.25, 0.3) is 0 Å². The first-order chi connectivity index (χ1) is 4.69. The van der Waals surface area contributed by atoms with Gasteiger partial charge in [-0.2, -0.15) is 11.8 Å². The fourth-order valence-corrected chi connectivity index (χ4v) is 2.53. The van der Waals surface area contributed by atoms with Gasteiger partial charge in [-0.05, 0) is 12.2 Å². The van der Waals surface area contributed by atoms with E-state index in [1.807, 2.05) is 11.8 Å². The second kappa shape index (κ2) is 3.11. The van der Waals surface area contributed by atoms with Crippen LogP contribution in [0.25, 0.3) is 0 Å². The summed E-state index contributed by atoms with van der Waals surface area (Å²) in [5.74, 6) is 1.06. The summed E-state index contributed by atoms with van der Waals surface area (Å²) in [5, 5.41) is 10.1. The van der Waals surface area contributed by atoms with Gasteiger partial charge < -0.3 is 9.84 Å². The van der Waals surface area contributed by atoms with Crippen LogP contribution in [0.4, 0.5) is 0 Å². The van der Waals surface area contributed by atoms with Gasteiger partial charge in [-0.1, -0.05) is 6.92 Å². The van der Waals surface area contributed by atoms with Gasteiger partial charge in [0.15, 0.2) is 0 Å². The molecule has 1 aliphatic rings. The van der Waals surface area contributed by atoms with Crippen molar-refractivity contribution in [3.05, 3.63) is 0 Å². The van der Waals surface area contributed by atoms with Crippen LogP contribution >= 0.6 is 11.8 Å². The zero-order valence-corrected chi connectivity index (χ0v) is 7.28. The zero-order chi connectivity index (χ0) is 7.61. The normalized spacial score (nSPS) is 40.5. The van der Waals surface area contributed by atoms with E-state index in [-0.39, 0.29) is 0 Å². The molecule has 2 nitrogen and oxygen atoms in total. The summed E-state index contributed by atoms with van der Waals surface area (Å²) in [6.45, 7) is 2.53. The number of aliphatic hydroxyl groups is 1. The first-order valence-corrected chi connectivity index (χ1v) is 4.57. The quantitative estimate of drug-likeness (QED) is 0.654. The van der Waals surface area contributed by atoms with Gasteiger partial charge in [0.05, 0.1) is 6.61 Å². The third-order valence-corrected chi connectivity index (χ3v) is 3.43. The molecule has 0 bridgehead atoms. The van der Waals surface area contributed by atoms with E-state index in [0.29, 0.717) is 11.9 Å². The van der Waals surface area contributed by atoms with Crippen LogP contribution in [0, 0.1) is 0 Å². The van der Waals surface area contributed by atoms with E-state index in [1.54, 1.807) is 7.11 Å². The predicted molar refractivity (Wildman–Crippen MR) is 43.4 cm³/mol. The maximum Gasteiger partial charge on any atom is 0.100 e. The van der Waals surface area contributed by atoms with Gasteiger partial charge in [0.2, 0.25) is 0 Å². The van der Waals surface area contributed by atoms with Gasteiger partial charge in [0, 0.05) is 12.4 Å². The Morgan fingerprint density at radius 2 is 2.50 bits per heavy atom. The second-order valence-corrected chi connectivity index (χ2v) is 4.25. The van der Waals surface area contributed by atoms with E-state index in [4.69, 9.17) is 4.74 Å². The Hall–Kier alpha value is 0.270. The monoisotopic (exact) mass is 162 g/mol. The molecule has 0 aromatic carbocycles. The van der Waals surface area contributed by atoms with Crippen molar-refractivity contribution >= 4 is 11.8 Å². The lowest BCUT2D eigenvalue weighted by Gasteiger charge is -2.25. The molecule has 0 saturated carbocycles. The SMILES string of the molecule is COCC1(O)CCSC1C. The molecule has 1 N–H and O–H groups in total. The van der Waals surface area contributed by atoms with Crippen LogP contribution in [0.15, 0.2) is 0 Å². The summed E-state index contributed by atoms with van der Waals surface area (Å²) in [4.78, 5) is 0. The molecule has 1 aliphatic heterocycles. The molecular weight excluding hydrogens is 148 g/mol. The highest BCUT2D eigenvalue weighted by Gasteiger charge is 2.38. The van der Waals surface area contributed by atoms with Crippen molar-refractivity contribution < 1.29 is 9.84 Å². The Morgan fingerprint density at radius 1 is 1.80 bits per heavy atom. The Bertz CT molecular complexity index is 118. The van der Waals surface area contributed by atoms with E-state index >= 15 is 0 Å². The second-order valence-electron chi connectivity index (χ2n) is 2.80. The minimum atomic E-state index is -0.556. The van der Waals surface area contributed by atoms with Crippen LogP contribution in [0.1, 0.15) is 13.3 Å². The molecule has 1 saturated heterocycles. The van der Waals surface area contributed by atoms with Crippen molar-refractivity contribution in [3.8, 4) is 0 Å². The third kappa shape index (κ3) is 1.47. The Morgan fingerprint density at radius 3 is 2.90 bits per heavy atom. The van der Waals surface area contributed by atoms with Crippen molar-refractivity contribution in [2.24, 2.45) is 0 Å². The molecule has 1 heterocycles. The summed E-state index contributed by atoms with van der Waals surface area (Å²) >= 11 is 1.81. The van der Waals surface area contributed by atoms with Gasteiger partial charge in [0.1, 0.15) is 5.60 Å². The number of hydrogen-bond acceptors (Lipinski definition) is 3. The van der Waals surface area contributed by atoms with Crippen molar-refractivity contribution in [1.29, 1.82) is 0 Å². The number of ether oxygens (including phenoxy) is 1. The summed E-state index contributed by atoms with van der Waals surface area (Å²) in [7, 11) is 1.63. The topological polar surface area (TPSA) is 29.5 Å². The van der Waals surface area contributed by atoms with Crippen LogP contribution in [0.3, 0.4) is 0 Å². The van der Waals surface area contributed by atoms with E-state index in [1.165, 1.54) is 0 Å². The smallest absolute Gasteiger partial charge is 0.100 e. The highest BCUT2D eigenvalue weighted by atomic mass is 32.2. The molecule has 0 aliphatic carbocycles. The van der Waals surface area contributed by atoms with Gasteiger partial charge in [-0.25, -0.2) is 0 Å². The van der Waals surface area contributed by atoms with Crippen LogP contribution in [0.5, 0.6) is 0 Å². The fourth-order valence-electron chi connectivity index (χ4n) is 1.21. The number of methoxy groups -OCH3 is 1. The van der Waals surface area contributed by atoms with Gasteiger partial charge in [-0.15, -0.1) is 0 Å². The summed E-state index contributed by atoms with van der Waals surface area (Å²) < 4.78 is 4.94. The Balaban J connectivity index is 2.48. The van der Waals surface area contributed by atoms with Crippen LogP contribution in [0.2, 0.25) is 0 Å². The molecule has 60 valence electrons. The lowest BCUT2D eigenvalue weighted by molar-refractivity contribution is -0.0261. The van der Waals surface area contributed by atoms with Crippen molar-refractivity contribution in [3.63, 3.8) is 0 Å². The van der Waals surface area contributed by atoms with Crippen molar-refractivity contribution in [2.45, 2.75) is 24.2 Å². The van der Waals surface area contributed by atoms with E-state index in [9.17, 15) is 5.11 Å². The number of rotatable bonds is 2. The lowest BCUT2D eigenvalue weighted by Crippen LogP contribution is -2.39. The Labute approximate surface area is 66.0 Å². The van der Waals surface area contributed by atoms with Crippen molar-refractivity contribution in [1.82, 2.24) is 0 Å². The van der Waals surface area contributed by atoms with Crippen LogP contribution in [-0.2, 0) is 4.74 Å². The predicted octanol–water partition coefficient (Wildman–Crippen LogP) is 0.889. The third-order valence-electron chi connectivity index (χ3n) is 2.05. The molecule has 10 heavy (non-hydrogen) atoms. The minimum absolute atomic E-state index is 0.326. The van der Waals surface area contributed by atoms with Crippen LogP contribution in [-0.4, -0.2) is 35.4 Å². The molecule has 0 aromatic heterocycles. The van der Waals surface area contributed by atoms with E-state index in [0.717, 1.165) is 12.2 Å². The number of thioether (sulfide) groups is 1. The summed E-state index contributed by atoms with van der Waals surface area (Å²) in [6, 6.07) is 0. The average Bonchev–Trinajstić information content (AvgIpc) is 2.15. The van der Waals surface area contributed by atoms with E-state index < -0.39 is 5.60 Å². The molecule has 2 unspecified atom stereocenters. The highest BCUT2D eigenvalue weighted by molar-refractivity contribution is 8.00. The first-order valence-electron chi connectivity index (χ1n) is 3.52.